The highest BCUT2D eigenvalue weighted by Gasteiger charge is 2.38. The standard InChI is InChI=1S/C13H17NO5S/c1-3-8-6-11(8)14-20(17,18)9-4-5-12(15)10(7-9)13(16)19-2/h4-5,7-8,11,14-15H,3,6H2,1-2H3. The molecular formula is C13H17NO5S. The van der Waals surface area contributed by atoms with E-state index < -0.39 is 16.0 Å². The van der Waals surface area contributed by atoms with Gasteiger partial charge >= 0.3 is 5.97 Å². The summed E-state index contributed by atoms with van der Waals surface area (Å²) in [6.07, 6.45) is 1.76. The van der Waals surface area contributed by atoms with Crippen LogP contribution in [0.4, 0.5) is 0 Å². The molecule has 1 aromatic rings. The molecule has 110 valence electrons. The van der Waals surface area contributed by atoms with Gasteiger partial charge in [0.15, 0.2) is 0 Å². The van der Waals surface area contributed by atoms with E-state index in [2.05, 4.69) is 9.46 Å². The number of methoxy groups -OCH3 is 1. The van der Waals surface area contributed by atoms with Crippen LogP contribution in [0.3, 0.4) is 0 Å². The summed E-state index contributed by atoms with van der Waals surface area (Å²) >= 11 is 0. The van der Waals surface area contributed by atoms with E-state index in [4.69, 9.17) is 0 Å². The van der Waals surface area contributed by atoms with Crippen molar-refractivity contribution >= 4 is 16.0 Å². The zero-order valence-corrected chi connectivity index (χ0v) is 12.1. The summed E-state index contributed by atoms with van der Waals surface area (Å²) < 4.78 is 31.4. The Labute approximate surface area is 117 Å². The van der Waals surface area contributed by atoms with Gasteiger partial charge in [-0.2, -0.15) is 0 Å². The molecule has 0 heterocycles. The molecule has 0 saturated heterocycles. The number of sulfonamides is 1. The molecule has 1 aliphatic carbocycles. The van der Waals surface area contributed by atoms with Gasteiger partial charge in [0.1, 0.15) is 11.3 Å². The van der Waals surface area contributed by atoms with Crippen LogP contribution in [0, 0.1) is 5.92 Å². The first kappa shape index (κ1) is 14.8. The third kappa shape index (κ3) is 2.94. The van der Waals surface area contributed by atoms with Gasteiger partial charge in [0.05, 0.1) is 12.0 Å². The predicted molar refractivity (Wildman–Crippen MR) is 72.0 cm³/mol. The fourth-order valence-corrected chi connectivity index (χ4v) is 3.41. The van der Waals surface area contributed by atoms with E-state index in [0.717, 1.165) is 26.0 Å². The van der Waals surface area contributed by atoms with Crippen molar-refractivity contribution in [1.29, 1.82) is 0 Å². The molecule has 2 atom stereocenters. The van der Waals surface area contributed by atoms with Crippen molar-refractivity contribution in [3.63, 3.8) is 0 Å². The number of benzene rings is 1. The Kier molecular flexibility index (Phi) is 4.01. The maximum Gasteiger partial charge on any atom is 0.341 e. The first-order valence-electron chi connectivity index (χ1n) is 6.32. The summed E-state index contributed by atoms with van der Waals surface area (Å²) in [5.74, 6) is -0.715. The SMILES string of the molecule is CCC1CC1NS(=O)(=O)c1ccc(O)c(C(=O)OC)c1. The Hall–Kier alpha value is -1.60. The van der Waals surface area contributed by atoms with Gasteiger partial charge in [-0.1, -0.05) is 13.3 Å². The van der Waals surface area contributed by atoms with Crippen LogP contribution in [-0.2, 0) is 14.8 Å². The molecule has 1 fully saturated rings. The van der Waals surface area contributed by atoms with Gasteiger partial charge in [0, 0.05) is 6.04 Å². The molecule has 0 amide bonds. The van der Waals surface area contributed by atoms with Crippen molar-refractivity contribution in [2.45, 2.75) is 30.7 Å². The summed E-state index contributed by atoms with van der Waals surface area (Å²) in [6, 6.07) is 3.51. The van der Waals surface area contributed by atoms with Crippen LogP contribution in [-0.4, -0.2) is 32.6 Å². The lowest BCUT2D eigenvalue weighted by atomic mass is 10.2. The fourth-order valence-electron chi connectivity index (χ4n) is 2.07. The summed E-state index contributed by atoms with van der Waals surface area (Å²) in [7, 11) is -2.53. The van der Waals surface area contributed by atoms with E-state index in [9.17, 15) is 18.3 Å². The number of phenolic OH excluding ortho intramolecular Hbond substituents is 1. The zero-order chi connectivity index (χ0) is 14.9. The third-order valence-corrected chi connectivity index (χ3v) is 4.92. The normalized spacial score (nSPS) is 21.5. The molecule has 2 rings (SSSR count). The van der Waals surface area contributed by atoms with E-state index in [-0.39, 0.29) is 22.3 Å². The summed E-state index contributed by atoms with van der Waals surface area (Å²) in [5.41, 5.74) is -0.168. The lowest BCUT2D eigenvalue weighted by molar-refractivity contribution is 0.0597. The molecule has 7 heteroatoms. The van der Waals surface area contributed by atoms with Gasteiger partial charge in [-0.3, -0.25) is 0 Å². The molecule has 1 aromatic carbocycles. The third-order valence-electron chi connectivity index (χ3n) is 3.44. The number of phenols is 1. The van der Waals surface area contributed by atoms with Crippen molar-refractivity contribution in [2.75, 3.05) is 7.11 Å². The first-order valence-corrected chi connectivity index (χ1v) is 7.81. The lowest BCUT2D eigenvalue weighted by Gasteiger charge is -2.08. The molecule has 0 spiro atoms. The molecule has 0 bridgehead atoms. The second-order valence-electron chi connectivity index (χ2n) is 4.80. The van der Waals surface area contributed by atoms with Crippen molar-refractivity contribution in [3.05, 3.63) is 23.8 Å². The molecular weight excluding hydrogens is 282 g/mol. The van der Waals surface area contributed by atoms with Crippen LogP contribution < -0.4 is 4.72 Å². The van der Waals surface area contributed by atoms with Gasteiger partial charge in [-0.15, -0.1) is 0 Å². The number of hydrogen-bond acceptors (Lipinski definition) is 5. The molecule has 6 nitrogen and oxygen atoms in total. The smallest absolute Gasteiger partial charge is 0.341 e. The van der Waals surface area contributed by atoms with Crippen molar-refractivity contribution in [1.82, 2.24) is 4.72 Å². The summed E-state index contributed by atoms with van der Waals surface area (Å²) in [4.78, 5) is 11.4. The van der Waals surface area contributed by atoms with Crippen LogP contribution in [0.25, 0.3) is 0 Å². The Bertz CT molecular complexity index is 626. The number of aromatic hydroxyl groups is 1. The quantitative estimate of drug-likeness (QED) is 0.798. The summed E-state index contributed by atoms with van der Waals surface area (Å²) in [6.45, 7) is 2.01. The van der Waals surface area contributed by atoms with E-state index >= 15 is 0 Å². The van der Waals surface area contributed by atoms with E-state index in [1.54, 1.807) is 0 Å². The average molecular weight is 299 g/mol. The maximum atomic E-state index is 12.2. The Balaban J connectivity index is 2.26. The van der Waals surface area contributed by atoms with Gasteiger partial charge in [-0.05, 0) is 30.5 Å². The van der Waals surface area contributed by atoms with Crippen molar-refractivity contribution in [2.24, 2.45) is 5.92 Å². The highest BCUT2D eigenvalue weighted by atomic mass is 32.2. The second kappa shape index (κ2) is 5.41. The van der Waals surface area contributed by atoms with Gasteiger partial charge in [0.25, 0.3) is 0 Å². The molecule has 2 N–H and O–H groups in total. The van der Waals surface area contributed by atoms with Crippen molar-refractivity contribution in [3.8, 4) is 5.75 Å². The largest absolute Gasteiger partial charge is 0.507 e. The highest BCUT2D eigenvalue weighted by molar-refractivity contribution is 7.89. The van der Waals surface area contributed by atoms with Crippen LogP contribution >= 0.6 is 0 Å². The first-order chi connectivity index (χ1) is 9.39. The van der Waals surface area contributed by atoms with E-state index in [1.165, 1.54) is 12.1 Å². The van der Waals surface area contributed by atoms with Gasteiger partial charge in [0.2, 0.25) is 10.0 Å². The topological polar surface area (TPSA) is 92.7 Å². The van der Waals surface area contributed by atoms with E-state index in [0.29, 0.717) is 5.92 Å². The van der Waals surface area contributed by atoms with E-state index in [1.807, 2.05) is 6.92 Å². The van der Waals surface area contributed by atoms with Crippen LogP contribution in [0.2, 0.25) is 0 Å². The number of hydrogen-bond donors (Lipinski definition) is 2. The Morgan fingerprint density at radius 1 is 1.50 bits per heavy atom. The molecule has 2 unspecified atom stereocenters. The molecule has 20 heavy (non-hydrogen) atoms. The number of carbonyl (C=O) groups excluding carboxylic acids is 1. The number of carbonyl (C=O) groups is 1. The highest BCUT2D eigenvalue weighted by Crippen LogP contribution is 2.34. The number of ether oxygens (including phenoxy) is 1. The minimum Gasteiger partial charge on any atom is -0.507 e. The molecule has 0 aromatic heterocycles. The Morgan fingerprint density at radius 3 is 2.75 bits per heavy atom. The minimum atomic E-state index is -3.69. The number of rotatable bonds is 5. The molecule has 1 aliphatic rings. The van der Waals surface area contributed by atoms with Crippen LogP contribution in [0.15, 0.2) is 23.1 Å². The van der Waals surface area contributed by atoms with Crippen LogP contribution in [0.5, 0.6) is 5.75 Å². The number of esters is 1. The monoisotopic (exact) mass is 299 g/mol. The lowest BCUT2D eigenvalue weighted by Crippen LogP contribution is -2.27. The van der Waals surface area contributed by atoms with Gasteiger partial charge in [-0.25, -0.2) is 17.9 Å². The average Bonchev–Trinajstić information content (AvgIpc) is 3.15. The second-order valence-corrected chi connectivity index (χ2v) is 6.52. The Morgan fingerprint density at radius 2 is 2.20 bits per heavy atom. The van der Waals surface area contributed by atoms with Gasteiger partial charge < -0.3 is 9.84 Å². The zero-order valence-electron chi connectivity index (χ0n) is 11.3. The fraction of sp³-hybridized carbons (Fsp3) is 0.462. The number of nitrogens with one attached hydrogen (secondary N) is 1. The molecule has 1 saturated carbocycles. The maximum absolute atomic E-state index is 12.2. The summed E-state index contributed by atoms with van der Waals surface area (Å²) in [5, 5.41) is 9.56. The molecule has 0 aliphatic heterocycles. The van der Waals surface area contributed by atoms with Crippen LogP contribution in [0.1, 0.15) is 30.1 Å². The minimum absolute atomic E-state index is 0.0413. The predicted octanol–water partition coefficient (Wildman–Crippen LogP) is 1.26. The molecule has 0 radical (unpaired) electrons. The van der Waals surface area contributed by atoms with Crippen molar-refractivity contribution < 1.29 is 23.1 Å².